The fraction of sp³-hybridized carbons (Fsp3) is 0.381. The summed E-state index contributed by atoms with van der Waals surface area (Å²) in [6.07, 6.45) is -0.834. The molecular weight excluding hydrogens is 362 g/mol. The molecule has 1 fully saturated rings. The lowest BCUT2D eigenvalue weighted by Crippen LogP contribution is -2.51. The number of ether oxygens (including phenoxy) is 3. The maximum atomic E-state index is 12.7. The van der Waals surface area contributed by atoms with Crippen molar-refractivity contribution in [3.63, 3.8) is 0 Å². The molecule has 7 heteroatoms. The van der Waals surface area contributed by atoms with E-state index in [2.05, 4.69) is 0 Å². The van der Waals surface area contributed by atoms with Crippen LogP contribution in [0.1, 0.15) is 22.3 Å². The molecule has 3 rings (SSSR count). The van der Waals surface area contributed by atoms with E-state index in [1.165, 1.54) is 11.0 Å². The summed E-state index contributed by atoms with van der Waals surface area (Å²) in [4.78, 5) is 14.3. The fourth-order valence-corrected chi connectivity index (χ4v) is 3.29. The van der Waals surface area contributed by atoms with Crippen LogP contribution in [0.4, 0.5) is 0 Å². The van der Waals surface area contributed by atoms with Crippen LogP contribution in [-0.2, 0) is 0 Å². The summed E-state index contributed by atoms with van der Waals surface area (Å²) in [6.45, 7) is 2.40. The van der Waals surface area contributed by atoms with Crippen LogP contribution < -0.4 is 14.2 Å². The third-order valence-electron chi connectivity index (χ3n) is 4.83. The molecule has 2 N–H and O–H groups in total. The molecule has 1 saturated heterocycles. The minimum absolute atomic E-state index is 0.0613. The summed E-state index contributed by atoms with van der Waals surface area (Å²) in [5.74, 6) is 1.32. The van der Waals surface area contributed by atoms with Gasteiger partial charge in [-0.15, -0.1) is 0 Å². The Balaban J connectivity index is 1.67. The average Bonchev–Trinajstić information content (AvgIpc) is 2.70. The molecule has 28 heavy (non-hydrogen) atoms. The number of carbonyl (C=O) groups is 1. The summed E-state index contributed by atoms with van der Waals surface area (Å²) in [5.41, 5.74) is 1.12. The number of aryl methyl sites for hydroxylation is 1. The Morgan fingerprint density at radius 1 is 1.11 bits per heavy atom. The van der Waals surface area contributed by atoms with E-state index < -0.39 is 12.2 Å². The molecule has 7 nitrogen and oxygen atoms in total. The molecule has 1 amide bonds. The first kappa shape index (κ1) is 19.8. The summed E-state index contributed by atoms with van der Waals surface area (Å²) in [6, 6.07) is 10.1. The van der Waals surface area contributed by atoms with E-state index in [1.807, 2.05) is 6.92 Å². The van der Waals surface area contributed by atoms with Crippen LogP contribution in [0.15, 0.2) is 36.4 Å². The molecule has 1 aliphatic heterocycles. The Hall–Kier alpha value is -2.93. The van der Waals surface area contributed by atoms with Crippen LogP contribution in [0, 0.1) is 6.92 Å². The van der Waals surface area contributed by atoms with Gasteiger partial charge in [0, 0.05) is 19.0 Å². The second-order valence-electron chi connectivity index (χ2n) is 6.80. The zero-order chi connectivity index (χ0) is 20.3. The van der Waals surface area contributed by atoms with E-state index in [1.54, 1.807) is 44.6 Å². The maximum Gasteiger partial charge on any atom is 0.257 e. The van der Waals surface area contributed by atoms with Gasteiger partial charge >= 0.3 is 0 Å². The Labute approximate surface area is 164 Å². The minimum atomic E-state index is -0.849. The van der Waals surface area contributed by atoms with E-state index >= 15 is 0 Å². The molecule has 0 spiro atoms. The van der Waals surface area contributed by atoms with E-state index in [9.17, 15) is 15.0 Å². The summed E-state index contributed by atoms with van der Waals surface area (Å²) in [7, 11) is 3.10. The summed E-state index contributed by atoms with van der Waals surface area (Å²) in [5, 5.41) is 20.5. The van der Waals surface area contributed by atoms with Gasteiger partial charge in [-0.1, -0.05) is 11.6 Å². The number of hydrogen-bond acceptors (Lipinski definition) is 6. The number of benzene rings is 2. The number of likely N-dealkylation sites (tertiary alicyclic amines) is 1. The van der Waals surface area contributed by atoms with Gasteiger partial charge in [0.25, 0.3) is 5.91 Å². The van der Waals surface area contributed by atoms with E-state index in [4.69, 9.17) is 14.2 Å². The van der Waals surface area contributed by atoms with Crippen LogP contribution in [0.5, 0.6) is 23.0 Å². The third-order valence-corrected chi connectivity index (χ3v) is 4.83. The molecule has 0 saturated carbocycles. The smallest absolute Gasteiger partial charge is 0.257 e. The normalized spacial score (nSPS) is 19.2. The van der Waals surface area contributed by atoms with Crippen LogP contribution in [-0.4, -0.2) is 60.5 Å². The SMILES string of the molecule is COc1ccc(O[C@@H]2CCN(C(=O)c3cc(C)ccc3O)C[C@H]2O)cc1OC. The lowest BCUT2D eigenvalue weighted by atomic mass is 10.0. The van der Waals surface area contributed by atoms with Gasteiger partial charge in [0.1, 0.15) is 23.7 Å². The molecule has 0 aliphatic carbocycles. The van der Waals surface area contributed by atoms with Crippen molar-refractivity contribution in [2.45, 2.75) is 25.6 Å². The lowest BCUT2D eigenvalue weighted by molar-refractivity contribution is -0.0200. The number of amides is 1. The van der Waals surface area contributed by atoms with Crippen molar-refractivity contribution in [3.8, 4) is 23.0 Å². The number of nitrogens with zero attached hydrogens (tertiary/aromatic N) is 1. The Bertz CT molecular complexity index is 853. The highest BCUT2D eigenvalue weighted by Crippen LogP contribution is 2.32. The molecular formula is C21H25NO6. The van der Waals surface area contributed by atoms with Crippen molar-refractivity contribution in [1.82, 2.24) is 4.90 Å². The molecule has 2 atom stereocenters. The number of β-amino-alcohol motifs (C(OH)–C–C–N with tert-alkyl or cyclic N) is 1. The van der Waals surface area contributed by atoms with Crippen molar-refractivity contribution in [2.24, 2.45) is 0 Å². The van der Waals surface area contributed by atoms with Crippen molar-refractivity contribution in [3.05, 3.63) is 47.5 Å². The molecule has 0 aromatic heterocycles. The highest BCUT2D eigenvalue weighted by molar-refractivity contribution is 5.97. The minimum Gasteiger partial charge on any atom is -0.507 e. The molecule has 2 aromatic rings. The third kappa shape index (κ3) is 4.14. The number of carbonyl (C=O) groups excluding carboxylic acids is 1. The average molecular weight is 387 g/mol. The topological polar surface area (TPSA) is 88.5 Å². The standard InChI is InChI=1S/C21H25NO6/c1-13-4-6-16(23)15(10-13)21(25)22-9-8-18(17(24)12-22)28-14-5-7-19(26-2)20(11-14)27-3/h4-7,10-11,17-18,23-24H,8-9,12H2,1-3H3/t17-,18-/m1/s1. The first-order valence-corrected chi connectivity index (χ1v) is 9.08. The number of aliphatic hydroxyl groups is 1. The van der Waals surface area contributed by atoms with Crippen LogP contribution in [0.2, 0.25) is 0 Å². The van der Waals surface area contributed by atoms with Crippen LogP contribution in [0.25, 0.3) is 0 Å². The first-order valence-electron chi connectivity index (χ1n) is 9.08. The highest BCUT2D eigenvalue weighted by atomic mass is 16.5. The molecule has 1 aliphatic rings. The second-order valence-corrected chi connectivity index (χ2v) is 6.80. The number of aromatic hydroxyl groups is 1. The molecule has 2 aromatic carbocycles. The van der Waals surface area contributed by atoms with Gasteiger partial charge in [0.2, 0.25) is 0 Å². The molecule has 150 valence electrons. The first-order chi connectivity index (χ1) is 13.4. The number of methoxy groups -OCH3 is 2. The number of phenolic OH excluding ortho intramolecular Hbond substituents is 1. The lowest BCUT2D eigenvalue weighted by Gasteiger charge is -2.36. The van der Waals surface area contributed by atoms with Crippen LogP contribution >= 0.6 is 0 Å². The number of phenols is 1. The largest absolute Gasteiger partial charge is 0.507 e. The quantitative estimate of drug-likeness (QED) is 0.819. The van der Waals surface area contributed by atoms with Crippen molar-refractivity contribution in [2.75, 3.05) is 27.3 Å². The Morgan fingerprint density at radius 3 is 2.54 bits per heavy atom. The summed E-state index contributed by atoms with van der Waals surface area (Å²) >= 11 is 0. The van der Waals surface area contributed by atoms with Gasteiger partial charge in [-0.05, 0) is 31.2 Å². The monoisotopic (exact) mass is 387 g/mol. The second kappa shape index (κ2) is 8.39. The zero-order valence-electron chi connectivity index (χ0n) is 16.2. The van der Waals surface area contributed by atoms with Crippen molar-refractivity contribution in [1.29, 1.82) is 0 Å². The molecule has 0 radical (unpaired) electrons. The predicted molar refractivity (Wildman–Crippen MR) is 103 cm³/mol. The number of aliphatic hydroxyl groups excluding tert-OH is 1. The zero-order valence-corrected chi connectivity index (χ0v) is 16.2. The van der Waals surface area contributed by atoms with Gasteiger partial charge < -0.3 is 29.3 Å². The maximum absolute atomic E-state index is 12.7. The molecule has 0 unspecified atom stereocenters. The van der Waals surface area contributed by atoms with E-state index in [0.717, 1.165) is 5.56 Å². The molecule has 1 heterocycles. The van der Waals surface area contributed by atoms with E-state index in [0.29, 0.717) is 30.2 Å². The Morgan fingerprint density at radius 2 is 1.86 bits per heavy atom. The van der Waals surface area contributed by atoms with Gasteiger partial charge in [-0.25, -0.2) is 0 Å². The number of rotatable bonds is 5. The van der Waals surface area contributed by atoms with Crippen LogP contribution in [0.3, 0.4) is 0 Å². The van der Waals surface area contributed by atoms with Gasteiger partial charge in [0.05, 0.1) is 26.3 Å². The summed E-state index contributed by atoms with van der Waals surface area (Å²) < 4.78 is 16.4. The predicted octanol–water partition coefficient (Wildman–Crippen LogP) is 2.37. The van der Waals surface area contributed by atoms with Gasteiger partial charge in [0.15, 0.2) is 11.5 Å². The highest BCUT2D eigenvalue weighted by Gasteiger charge is 2.33. The molecule has 0 bridgehead atoms. The van der Waals surface area contributed by atoms with Gasteiger partial charge in [-0.2, -0.15) is 0 Å². The van der Waals surface area contributed by atoms with Gasteiger partial charge in [-0.3, -0.25) is 4.79 Å². The number of piperidine rings is 1. The van der Waals surface area contributed by atoms with Crippen molar-refractivity contribution >= 4 is 5.91 Å². The fourth-order valence-electron chi connectivity index (χ4n) is 3.29. The Kier molecular flexibility index (Phi) is 5.94. The number of hydrogen-bond donors (Lipinski definition) is 2. The van der Waals surface area contributed by atoms with E-state index in [-0.39, 0.29) is 23.8 Å². The van der Waals surface area contributed by atoms with Crippen molar-refractivity contribution < 1.29 is 29.2 Å².